The van der Waals surface area contributed by atoms with Crippen molar-refractivity contribution >= 4 is 52.9 Å². The maximum absolute atomic E-state index is 13.4. The summed E-state index contributed by atoms with van der Waals surface area (Å²) in [6.45, 7) is 3.67. The molecule has 2 fully saturated rings. The molecule has 3 aliphatic rings. The second-order valence-corrected chi connectivity index (χ2v) is 12.1. The number of non-ortho nitro benzene ring substituents is 1. The lowest BCUT2D eigenvalue weighted by Crippen LogP contribution is -2.63. The van der Waals surface area contributed by atoms with Crippen LogP contribution in [0, 0.1) is 22.0 Å². The number of hydrogen-bond acceptors (Lipinski definition) is 11. The zero-order chi connectivity index (χ0) is 31.9. The van der Waals surface area contributed by atoms with E-state index in [-0.39, 0.29) is 39.6 Å². The molecule has 0 aliphatic carbocycles. The molecule has 2 aromatic carbocycles. The lowest BCUT2D eigenvalue weighted by atomic mass is 9.79. The maximum atomic E-state index is 13.4. The minimum absolute atomic E-state index is 0.0268. The van der Waals surface area contributed by atoms with Gasteiger partial charge in [0.25, 0.3) is 5.69 Å². The molecule has 3 aliphatic heterocycles. The number of amides is 2. The van der Waals surface area contributed by atoms with Gasteiger partial charge in [0.15, 0.2) is 0 Å². The standard InChI is InChI=1S/C29H28N4O10S/c1-13-22-21(14(2)34)26(36)32(22)23(29(40)43-28(39)15-6-8-18(9-7-15)33(41)42)24(13)44-19-11-20(30-12-19)25(35)31-17-5-3-4-16(10-17)27(37)38/h3-10,13-14,19-22,30,34H,11-12H2,1-2H3,(H,31,35)(H,37,38)/t13-,14-,19+,20+,21-,22-/m1/s1. The zero-order valence-corrected chi connectivity index (χ0v) is 24.3. The van der Waals surface area contributed by atoms with Crippen LogP contribution in [-0.2, 0) is 19.1 Å². The quantitative estimate of drug-likeness (QED) is 0.104. The van der Waals surface area contributed by atoms with Crippen LogP contribution in [0.2, 0.25) is 0 Å². The van der Waals surface area contributed by atoms with Crippen LogP contribution < -0.4 is 10.6 Å². The number of hydrogen-bond donors (Lipinski definition) is 4. The highest BCUT2D eigenvalue weighted by Gasteiger charge is 2.60. The lowest BCUT2D eigenvalue weighted by Gasteiger charge is -2.46. The van der Waals surface area contributed by atoms with Gasteiger partial charge in [0.2, 0.25) is 11.8 Å². The van der Waals surface area contributed by atoms with Gasteiger partial charge in [-0.25, -0.2) is 14.4 Å². The molecule has 15 heteroatoms. The number of ether oxygens (including phenoxy) is 1. The third kappa shape index (κ3) is 5.80. The summed E-state index contributed by atoms with van der Waals surface area (Å²) in [5.41, 5.74) is -0.0967. The fourth-order valence-electron chi connectivity index (χ4n) is 5.71. The Morgan fingerprint density at radius 3 is 2.48 bits per heavy atom. The average molecular weight is 625 g/mol. The van der Waals surface area contributed by atoms with Crippen LogP contribution in [0.25, 0.3) is 0 Å². The summed E-state index contributed by atoms with van der Waals surface area (Å²) in [6, 6.07) is 9.22. The van der Waals surface area contributed by atoms with E-state index in [0.717, 1.165) is 24.3 Å². The third-order valence-corrected chi connectivity index (χ3v) is 9.39. The van der Waals surface area contributed by atoms with Crippen LogP contribution in [0.15, 0.2) is 59.1 Å². The Balaban J connectivity index is 1.32. The Labute approximate surface area is 254 Å². The van der Waals surface area contributed by atoms with E-state index < -0.39 is 52.8 Å². The van der Waals surface area contributed by atoms with Gasteiger partial charge in [0.1, 0.15) is 5.70 Å². The topological polar surface area (TPSA) is 205 Å². The molecule has 44 heavy (non-hydrogen) atoms. The number of carbonyl (C=O) groups is 5. The van der Waals surface area contributed by atoms with Crippen molar-refractivity contribution in [2.24, 2.45) is 11.8 Å². The smallest absolute Gasteiger partial charge is 0.363 e. The molecule has 4 N–H and O–H groups in total. The van der Waals surface area contributed by atoms with Crippen LogP contribution >= 0.6 is 11.8 Å². The first-order valence-electron chi connectivity index (χ1n) is 13.7. The number of aliphatic hydroxyl groups is 1. The first kappa shape index (κ1) is 30.8. The predicted octanol–water partition coefficient (Wildman–Crippen LogP) is 2.15. The van der Waals surface area contributed by atoms with E-state index in [1.165, 1.54) is 41.8 Å². The Hall–Kier alpha value is -4.60. The summed E-state index contributed by atoms with van der Waals surface area (Å²) in [5, 5.41) is 36.0. The Morgan fingerprint density at radius 1 is 1.14 bits per heavy atom. The number of thioether (sulfide) groups is 1. The van der Waals surface area contributed by atoms with Crippen molar-refractivity contribution in [3.05, 3.63) is 80.4 Å². The number of benzene rings is 2. The minimum Gasteiger partial charge on any atom is -0.478 e. The Kier molecular flexibility index (Phi) is 8.54. The molecule has 0 bridgehead atoms. The van der Waals surface area contributed by atoms with Gasteiger partial charge in [-0.2, -0.15) is 0 Å². The summed E-state index contributed by atoms with van der Waals surface area (Å²) in [7, 11) is 0. The van der Waals surface area contributed by atoms with E-state index >= 15 is 0 Å². The number of anilines is 1. The van der Waals surface area contributed by atoms with Crippen molar-refractivity contribution in [1.82, 2.24) is 10.2 Å². The van der Waals surface area contributed by atoms with Crippen LogP contribution in [-0.4, -0.2) is 79.7 Å². The number of aromatic carboxylic acids is 1. The molecule has 2 amide bonds. The normalized spacial score (nSPS) is 24.8. The Bertz CT molecular complexity index is 1590. The number of nitrogens with zero attached hydrogens (tertiary/aromatic N) is 2. The molecular weight excluding hydrogens is 596 g/mol. The Morgan fingerprint density at radius 2 is 1.84 bits per heavy atom. The predicted molar refractivity (Wildman–Crippen MR) is 155 cm³/mol. The number of β-lactam (4-membered cyclic amide) rings is 1. The van der Waals surface area contributed by atoms with Gasteiger partial charge in [-0.15, -0.1) is 11.8 Å². The number of carbonyl (C=O) groups excluding carboxylic acids is 4. The van der Waals surface area contributed by atoms with Gasteiger partial charge in [0.05, 0.1) is 40.2 Å². The molecule has 5 rings (SSSR count). The molecule has 0 saturated carbocycles. The largest absolute Gasteiger partial charge is 0.478 e. The number of fused-ring (bicyclic) bond motifs is 1. The van der Waals surface area contributed by atoms with Gasteiger partial charge in [0, 0.05) is 40.4 Å². The molecule has 0 aromatic heterocycles. The summed E-state index contributed by atoms with van der Waals surface area (Å²) >= 11 is 1.28. The van der Waals surface area contributed by atoms with Crippen LogP contribution in [0.4, 0.5) is 11.4 Å². The van der Waals surface area contributed by atoms with E-state index in [1.807, 2.05) is 6.92 Å². The summed E-state index contributed by atoms with van der Waals surface area (Å²) in [4.78, 5) is 75.4. The van der Waals surface area contributed by atoms with Gasteiger partial charge < -0.3 is 30.5 Å². The first-order chi connectivity index (χ1) is 20.9. The number of nitro groups is 1. The summed E-state index contributed by atoms with van der Waals surface area (Å²) in [5.74, 6) is -5.23. The van der Waals surface area contributed by atoms with Gasteiger partial charge in [-0.3, -0.25) is 19.7 Å². The summed E-state index contributed by atoms with van der Waals surface area (Å²) in [6.07, 6.45) is -0.635. The van der Waals surface area contributed by atoms with E-state index in [0.29, 0.717) is 23.6 Å². The molecule has 0 spiro atoms. The molecule has 6 atom stereocenters. The highest BCUT2D eigenvalue weighted by molar-refractivity contribution is 8.03. The number of carboxylic acid groups (broad SMARTS) is 1. The minimum atomic E-state index is -1.12. The summed E-state index contributed by atoms with van der Waals surface area (Å²) < 4.78 is 5.12. The van der Waals surface area contributed by atoms with E-state index in [2.05, 4.69) is 10.6 Å². The number of rotatable bonds is 9. The number of carboxylic acids is 1. The SMILES string of the molecule is C[C@@H](O)[C@H]1C(=O)N2C(C(=O)OC(=O)c3ccc([N+](=O)[O-])cc3)=C(S[C@@H]3CN[C@H](C(=O)Nc4cccc(C(=O)O)c4)C3)[C@H](C)[C@H]12. The fourth-order valence-corrected chi connectivity index (χ4v) is 7.19. The molecule has 0 unspecified atom stereocenters. The van der Waals surface area contributed by atoms with Crippen molar-refractivity contribution < 1.29 is 43.8 Å². The maximum Gasteiger partial charge on any atom is 0.363 e. The molecule has 14 nitrogen and oxygen atoms in total. The van der Waals surface area contributed by atoms with E-state index in [4.69, 9.17) is 4.74 Å². The van der Waals surface area contributed by atoms with Crippen LogP contribution in [0.5, 0.6) is 0 Å². The highest BCUT2D eigenvalue weighted by Crippen LogP contribution is 2.52. The van der Waals surface area contributed by atoms with Crippen molar-refractivity contribution in [3.63, 3.8) is 0 Å². The lowest BCUT2D eigenvalue weighted by molar-refractivity contribution is -0.384. The zero-order valence-electron chi connectivity index (χ0n) is 23.5. The van der Waals surface area contributed by atoms with Gasteiger partial charge in [-0.1, -0.05) is 13.0 Å². The molecule has 3 heterocycles. The molecule has 230 valence electrons. The highest BCUT2D eigenvalue weighted by atomic mass is 32.2. The third-order valence-electron chi connectivity index (χ3n) is 7.88. The van der Waals surface area contributed by atoms with Crippen LogP contribution in [0.3, 0.4) is 0 Å². The average Bonchev–Trinajstić information content (AvgIpc) is 3.54. The van der Waals surface area contributed by atoms with Crippen molar-refractivity contribution in [2.45, 2.75) is 43.7 Å². The van der Waals surface area contributed by atoms with Gasteiger partial charge >= 0.3 is 17.9 Å². The van der Waals surface area contributed by atoms with Gasteiger partial charge in [-0.05, 0) is 43.7 Å². The van der Waals surface area contributed by atoms with Crippen molar-refractivity contribution in [2.75, 3.05) is 11.9 Å². The molecule has 2 aromatic rings. The van der Waals surface area contributed by atoms with E-state index in [9.17, 15) is 44.3 Å². The monoisotopic (exact) mass is 624 g/mol. The first-order valence-corrected chi connectivity index (χ1v) is 14.6. The molecular formula is C29H28N4O10S. The van der Waals surface area contributed by atoms with Crippen molar-refractivity contribution in [1.29, 1.82) is 0 Å². The second-order valence-electron chi connectivity index (χ2n) is 10.8. The van der Waals surface area contributed by atoms with Crippen molar-refractivity contribution in [3.8, 4) is 0 Å². The number of nitro benzene ring substituents is 1. The fraction of sp³-hybridized carbons (Fsp3) is 0.345. The number of esters is 2. The van der Waals surface area contributed by atoms with Crippen LogP contribution in [0.1, 0.15) is 41.0 Å². The number of aliphatic hydroxyl groups excluding tert-OH is 1. The van der Waals surface area contributed by atoms with E-state index in [1.54, 1.807) is 6.07 Å². The molecule has 0 radical (unpaired) electrons. The molecule has 2 saturated heterocycles. The second kappa shape index (κ2) is 12.2. The number of nitrogens with one attached hydrogen (secondary N) is 2.